The molecule has 266 valence electrons. The zero-order valence-electron chi connectivity index (χ0n) is 30.6. The molecule has 0 N–H and O–H groups in total. The summed E-state index contributed by atoms with van der Waals surface area (Å²) in [6.45, 7) is 0. The average Bonchev–Trinajstić information content (AvgIpc) is 3.95. The topological polar surface area (TPSA) is 65.0 Å². The van der Waals surface area contributed by atoms with Gasteiger partial charge in [0.2, 0.25) is 0 Å². The van der Waals surface area contributed by atoms with Crippen LogP contribution in [0.15, 0.2) is 197 Å². The zero-order valence-corrected chi connectivity index (χ0v) is 30.6. The van der Waals surface area contributed by atoms with Crippen LogP contribution in [0.4, 0.5) is 0 Å². The molecule has 0 unspecified atom stereocenters. The molecule has 5 nitrogen and oxygen atoms in total. The molecule has 12 rings (SSSR count). The van der Waals surface area contributed by atoms with Crippen molar-refractivity contribution in [2.75, 3.05) is 0 Å². The minimum Gasteiger partial charge on any atom is -0.456 e. The van der Waals surface area contributed by atoms with Gasteiger partial charge in [-0.2, -0.15) is 0 Å². The molecule has 8 aromatic carbocycles. The highest BCUT2D eigenvalue weighted by molar-refractivity contribution is 6.07. The van der Waals surface area contributed by atoms with Crippen molar-refractivity contribution in [1.29, 1.82) is 0 Å². The van der Waals surface area contributed by atoms with Crippen molar-refractivity contribution in [3.8, 4) is 45.3 Å². The summed E-state index contributed by atoms with van der Waals surface area (Å²) in [5, 5.41) is 4.14. The fraction of sp³-hybridized carbons (Fsp3) is 0.0192. The molecule has 5 heteroatoms. The van der Waals surface area contributed by atoms with Crippen molar-refractivity contribution in [3.63, 3.8) is 0 Å². The third-order valence-corrected chi connectivity index (χ3v) is 11.6. The summed E-state index contributed by atoms with van der Waals surface area (Å²) < 4.78 is 12.4. The van der Waals surface area contributed by atoms with E-state index < -0.39 is 5.41 Å². The lowest BCUT2D eigenvalue weighted by atomic mass is 9.67. The Morgan fingerprint density at radius 2 is 0.789 bits per heavy atom. The highest BCUT2D eigenvalue weighted by Crippen LogP contribution is 2.58. The minimum absolute atomic E-state index is 0.552. The van der Waals surface area contributed by atoms with Gasteiger partial charge in [0.05, 0.1) is 5.41 Å². The van der Waals surface area contributed by atoms with Gasteiger partial charge in [-0.05, 0) is 81.9 Å². The van der Waals surface area contributed by atoms with Gasteiger partial charge in [0.25, 0.3) is 0 Å². The second-order valence-corrected chi connectivity index (χ2v) is 14.7. The first kappa shape index (κ1) is 31.7. The molecule has 11 aromatic rings. The Kier molecular flexibility index (Phi) is 6.78. The maximum Gasteiger partial charge on any atom is 0.164 e. The van der Waals surface area contributed by atoms with Crippen LogP contribution in [-0.2, 0) is 5.41 Å². The van der Waals surface area contributed by atoms with Crippen LogP contribution in [0.25, 0.3) is 89.2 Å². The highest BCUT2D eigenvalue weighted by atomic mass is 16.3. The summed E-state index contributed by atoms with van der Waals surface area (Å²) in [4.78, 5) is 15.9. The molecule has 0 saturated carbocycles. The van der Waals surface area contributed by atoms with Gasteiger partial charge >= 0.3 is 0 Å². The summed E-state index contributed by atoms with van der Waals surface area (Å²) in [6, 6.07) is 65.7. The second-order valence-electron chi connectivity index (χ2n) is 14.7. The molecule has 3 heterocycles. The average molecular weight is 730 g/mol. The minimum atomic E-state index is -0.552. The molecule has 1 aliphatic rings. The Morgan fingerprint density at radius 3 is 1.39 bits per heavy atom. The van der Waals surface area contributed by atoms with Crippen LogP contribution in [0.5, 0.6) is 0 Å². The number of furan rings is 2. The van der Waals surface area contributed by atoms with E-state index in [1.54, 1.807) is 0 Å². The predicted octanol–water partition coefficient (Wildman–Crippen LogP) is 13.0. The maximum absolute atomic E-state index is 6.21. The van der Waals surface area contributed by atoms with Gasteiger partial charge in [-0.3, -0.25) is 0 Å². The molecule has 3 aromatic heterocycles. The van der Waals surface area contributed by atoms with Crippen molar-refractivity contribution in [2.45, 2.75) is 5.41 Å². The standard InChI is InChI=1S/C52H31N3O2/c1-3-14-34(15-4-1)52(35-16-5-2-6-17-35)42-22-10-7-20-38(42)48-39(21-13-23-43(48)52)51-54-49(32-26-28-46-40(30-32)36-18-8-11-24-44(36)56-46)53-50(55-51)33-27-29-47-41(31-33)37-19-9-12-25-45(37)57-47/h1-31H. The van der Waals surface area contributed by atoms with E-state index in [4.69, 9.17) is 23.8 Å². The first-order valence-corrected chi connectivity index (χ1v) is 19.2. The lowest BCUT2D eigenvalue weighted by Crippen LogP contribution is -2.28. The number of para-hydroxylation sites is 2. The fourth-order valence-electron chi connectivity index (χ4n) is 9.16. The van der Waals surface area contributed by atoms with Gasteiger partial charge < -0.3 is 8.83 Å². The van der Waals surface area contributed by atoms with Crippen molar-refractivity contribution >= 4 is 43.9 Å². The van der Waals surface area contributed by atoms with E-state index >= 15 is 0 Å². The Labute approximate surface area is 327 Å². The number of benzene rings is 8. The maximum atomic E-state index is 6.21. The van der Waals surface area contributed by atoms with Crippen LogP contribution in [0, 0.1) is 0 Å². The highest BCUT2D eigenvalue weighted by Gasteiger charge is 2.47. The molecule has 0 radical (unpaired) electrons. The molecule has 0 fully saturated rings. The van der Waals surface area contributed by atoms with E-state index in [9.17, 15) is 0 Å². The van der Waals surface area contributed by atoms with Crippen LogP contribution in [0.2, 0.25) is 0 Å². The summed E-state index contributed by atoms with van der Waals surface area (Å²) in [7, 11) is 0. The Hall–Kier alpha value is -7.63. The van der Waals surface area contributed by atoms with E-state index in [1.165, 1.54) is 22.3 Å². The Morgan fingerprint density at radius 1 is 0.333 bits per heavy atom. The fourth-order valence-corrected chi connectivity index (χ4v) is 9.16. The number of aromatic nitrogens is 3. The normalized spacial score (nSPS) is 13.1. The van der Waals surface area contributed by atoms with E-state index in [0.29, 0.717) is 17.5 Å². The Balaban J connectivity index is 1.14. The number of hydrogen-bond donors (Lipinski definition) is 0. The predicted molar refractivity (Wildman–Crippen MR) is 228 cm³/mol. The van der Waals surface area contributed by atoms with Crippen LogP contribution in [0.3, 0.4) is 0 Å². The molecule has 57 heavy (non-hydrogen) atoms. The van der Waals surface area contributed by atoms with Crippen LogP contribution < -0.4 is 0 Å². The molecular formula is C52H31N3O2. The molecule has 0 amide bonds. The van der Waals surface area contributed by atoms with Gasteiger partial charge in [0, 0.05) is 38.2 Å². The SMILES string of the molecule is c1ccc(C2(c3ccccc3)c3ccccc3-c3c(-c4nc(-c5ccc6oc7ccccc7c6c5)nc(-c5ccc6oc7ccccc7c6c5)n4)cccc32)cc1. The molecule has 0 bridgehead atoms. The van der Waals surface area contributed by atoms with Gasteiger partial charge in [0.1, 0.15) is 22.3 Å². The quantitative estimate of drug-likeness (QED) is 0.176. The van der Waals surface area contributed by atoms with Gasteiger partial charge in [0.15, 0.2) is 17.5 Å². The van der Waals surface area contributed by atoms with Crippen molar-refractivity contribution in [2.24, 2.45) is 0 Å². The summed E-state index contributed by atoms with van der Waals surface area (Å²) >= 11 is 0. The lowest BCUT2D eigenvalue weighted by Gasteiger charge is -2.33. The summed E-state index contributed by atoms with van der Waals surface area (Å²) in [5.41, 5.74) is 12.6. The molecule has 0 atom stereocenters. The zero-order chi connectivity index (χ0) is 37.5. The lowest BCUT2D eigenvalue weighted by molar-refractivity contribution is 0.668. The third-order valence-electron chi connectivity index (χ3n) is 11.6. The largest absolute Gasteiger partial charge is 0.456 e. The molecule has 0 spiro atoms. The number of nitrogens with zero attached hydrogens (tertiary/aromatic N) is 3. The number of fused-ring (bicyclic) bond motifs is 9. The van der Waals surface area contributed by atoms with E-state index in [2.05, 4.69) is 127 Å². The summed E-state index contributed by atoms with van der Waals surface area (Å²) in [5.74, 6) is 1.77. The van der Waals surface area contributed by atoms with Gasteiger partial charge in [-0.25, -0.2) is 15.0 Å². The third kappa shape index (κ3) is 4.66. The molecule has 0 aliphatic heterocycles. The monoisotopic (exact) mass is 729 g/mol. The van der Waals surface area contributed by atoms with E-state index in [1.807, 2.05) is 60.7 Å². The van der Waals surface area contributed by atoms with Gasteiger partial charge in [-0.1, -0.05) is 140 Å². The summed E-state index contributed by atoms with van der Waals surface area (Å²) in [6.07, 6.45) is 0. The van der Waals surface area contributed by atoms with Crippen molar-refractivity contribution in [1.82, 2.24) is 15.0 Å². The van der Waals surface area contributed by atoms with Crippen LogP contribution in [-0.4, -0.2) is 15.0 Å². The first-order valence-electron chi connectivity index (χ1n) is 19.2. The number of hydrogen-bond acceptors (Lipinski definition) is 5. The van der Waals surface area contributed by atoms with E-state index in [-0.39, 0.29) is 0 Å². The van der Waals surface area contributed by atoms with Crippen molar-refractivity contribution in [3.05, 3.63) is 210 Å². The van der Waals surface area contributed by atoms with Crippen molar-refractivity contribution < 1.29 is 8.83 Å². The van der Waals surface area contributed by atoms with Crippen LogP contribution >= 0.6 is 0 Å². The molecular weight excluding hydrogens is 699 g/mol. The second kappa shape index (κ2) is 12.2. The first-order chi connectivity index (χ1) is 28.2. The van der Waals surface area contributed by atoms with E-state index in [0.717, 1.165) is 71.7 Å². The molecule has 0 saturated heterocycles. The van der Waals surface area contributed by atoms with Crippen LogP contribution in [0.1, 0.15) is 22.3 Å². The molecule has 1 aliphatic carbocycles. The Bertz CT molecular complexity index is 3190. The number of rotatable bonds is 5. The smallest absolute Gasteiger partial charge is 0.164 e. The van der Waals surface area contributed by atoms with Gasteiger partial charge in [-0.15, -0.1) is 0 Å².